The van der Waals surface area contributed by atoms with Crippen LogP contribution in [0.5, 0.6) is 0 Å². The zero-order chi connectivity index (χ0) is 10.5. The zero-order valence-corrected chi connectivity index (χ0v) is 9.80. The fourth-order valence-electron chi connectivity index (χ4n) is 1.81. The molecule has 0 saturated carbocycles. The number of aryl methyl sites for hydroxylation is 1. The summed E-state index contributed by atoms with van der Waals surface area (Å²) in [6, 6.07) is 0. The van der Waals surface area contributed by atoms with Gasteiger partial charge in [-0.2, -0.15) is 0 Å². The maximum absolute atomic E-state index is 5.47. The van der Waals surface area contributed by atoms with Crippen molar-refractivity contribution in [2.24, 2.45) is 5.73 Å². The second kappa shape index (κ2) is 5.51. The summed E-state index contributed by atoms with van der Waals surface area (Å²) < 4.78 is 2.29. The largest absolute Gasteiger partial charge is 0.330 e. The second-order valence-electron chi connectivity index (χ2n) is 3.85. The lowest BCUT2D eigenvalue weighted by Crippen LogP contribution is -2.04. The van der Waals surface area contributed by atoms with Gasteiger partial charge in [0.1, 0.15) is 5.82 Å². The summed E-state index contributed by atoms with van der Waals surface area (Å²) >= 11 is 1.78. The standard InChI is InChI=1S/C10H18N4S/c11-6-4-8-15-10-13-12-9-5-2-1-3-7-14(9)10/h1-8,11H2. The van der Waals surface area contributed by atoms with Crippen LogP contribution in [0.2, 0.25) is 0 Å². The Morgan fingerprint density at radius 3 is 3.07 bits per heavy atom. The lowest BCUT2D eigenvalue weighted by molar-refractivity contribution is 0.591. The van der Waals surface area contributed by atoms with Crippen LogP contribution in [-0.2, 0) is 13.0 Å². The van der Waals surface area contributed by atoms with E-state index in [4.69, 9.17) is 5.73 Å². The molecule has 2 N–H and O–H groups in total. The van der Waals surface area contributed by atoms with E-state index in [1.54, 1.807) is 11.8 Å². The quantitative estimate of drug-likeness (QED) is 0.623. The molecule has 15 heavy (non-hydrogen) atoms. The summed E-state index contributed by atoms with van der Waals surface area (Å²) in [4.78, 5) is 0. The maximum Gasteiger partial charge on any atom is 0.191 e. The second-order valence-corrected chi connectivity index (χ2v) is 4.91. The number of thioether (sulfide) groups is 1. The third-order valence-electron chi connectivity index (χ3n) is 2.66. The van der Waals surface area contributed by atoms with Crippen molar-refractivity contribution in [1.29, 1.82) is 0 Å². The monoisotopic (exact) mass is 226 g/mol. The fraction of sp³-hybridized carbons (Fsp3) is 0.800. The molecule has 1 aliphatic heterocycles. The molecule has 0 aromatic carbocycles. The minimum Gasteiger partial charge on any atom is -0.330 e. The average Bonchev–Trinajstić information content (AvgIpc) is 2.50. The molecular formula is C10H18N4S. The molecule has 0 radical (unpaired) electrons. The average molecular weight is 226 g/mol. The molecule has 2 rings (SSSR count). The number of aromatic nitrogens is 3. The third-order valence-corrected chi connectivity index (χ3v) is 3.71. The molecule has 1 aliphatic rings. The Bertz CT molecular complexity index is 310. The molecule has 1 aromatic heterocycles. The summed E-state index contributed by atoms with van der Waals surface area (Å²) in [5.41, 5.74) is 5.47. The summed E-state index contributed by atoms with van der Waals surface area (Å²) in [7, 11) is 0. The SMILES string of the molecule is NCCCSc1nnc2n1CCCCC2. The molecule has 2 heterocycles. The Morgan fingerprint density at radius 1 is 1.27 bits per heavy atom. The molecule has 0 bridgehead atoms. The normalized spacial score (nSPS) is 16.1. The number of hydrogen-bond donors (Lipinski definition) is 1. The molecule has 0 spiro atoms. The van der Waals surface area contributed by atoms with E-state index in [2.05, 4.69) is 14.8 Å². The molecule has 1 aromatic rings. The Morgan fingerprint density at radius 2 is 2.20 bits per heavy atom. The number of nitrogens with two attached hydrogens (primary N) is 1. The van der Waals surface area contributed by atoms with Crippen LogP contribution in [0, 0.1) is 0 Å². The van der Waals surface area contributed by atoms with Gasteiger partial charge in [-0.05, 0) is 25.8 Å². The minimum absolute atomic E-state index is 0.758. The first kappa shape index (κ1) is 11.0. The van der Waals surface area contributed by atoms with Crippen molar-refractivity contribution in [3.63, 3.8) is 0 Å². The summed E-state index contributed by atoms with van der Waals surface area (Å²) in [5, 5.41) is 9.59. The smallest absolute Gasteiger partial charge is 0.191 e. The maximum atomic E-state index is 5.47. The Hall–Kier alpha value is -0.550. The van der Waals surface area contributed by atoms with Crippen LogP contribution in [0.15, 0.2) is 5.16 Å². The molecule has 0 fully saturated rings. The Labute approximate surface area is 94.6 Å². The van der Waals surface area contributed by atoms with E-state index in [1.807, 2.05) is 0 Å². The lowest BCUT2D eigenvalue weighted by Gasteiger charge is -2.05. The van der Waals surface area contributed by atoms with Crippen LogP contribution in [-0.4, -0.2) is 27.1 Å². The fourth-order valence-corrected chi connectivity index (χ4v) is 2.76. The van der Waals surface area contributed by atoms with E-state index in [1.165, 1.54) is 25.1 Å². The number of nitrogens with zero attached hydrogens (tertiary/aromatic N) is 3. The van der Waals surface area contributed by atoms with Crippen molar-refractivity contribution in [3.8, 4) is 0 Å². The van der Waals surface area contributed by atoms with Crippen LogP contribution in [0.1, 0.15) is 31.5 Å². The number of fused-ring (bicyclic) bond motifs is 1. The molecular weight excluding hydrogens is 208 g/mol. The highest BCUT2D eigenvalue weighted by molar-refractivity contribution is 7.99. The third kappa shape index (κ3) is 2.72. The topological polar surface area (TPSA) is 56.7 Å². The Balaban J connectivity index is 2.01. The first-order chi connectivity index (χ1) is 7.42. The van der Waals surface area contributed by atoms with Crippen molar-refractivity contribution in [1.82, 2.24) is 14.8 Å². The first-order valence-corrected chi connectivity index (χ1v) is 6.65. The van der Waals surface area contributed by atoms with Crippen LogP contribution in [0.25, 0.3) is 0 Å². The minimum atomic E-state index is 0.758. The van der Waals surface area contributed by atoms with E-state index >= 15 is 0 Å². The summed E-state index contributed by atoms with van der Waals surface area (Å²) in [6.45, 7) is 1.85. The summed E-state index contributed by atoms with van der Waals surface area (Å²) in [6.07, 6.45) is 5.97. The van der Waals surface area contributed by atoms with E-state index in [0.717, 1.165) is 36.8 Å². The van der Waals surface area contributed by atoms with Gasteiger partial charge in [0.2, 0.25) is 0 Å². The van der Waals surface area contributed by atoms with Crippen molar-refractivity contribution in [2.45, 2.75) is 43.8 Å². The van der Waals surface area contributed by atoms with Gasteiger partial charge < -0.3 is 10.3 Å². The molecule has 0 saturated heterocycles. The number of hydrogen-bond acceptors (Lipinski definition) is 4. The van der Waals surface area contributed by atoms with Gasteiger partial charge in [-0.15, -0.1) is 10.2 Å². The zero-order valence-electron chi connectivity index (χ0n) is 8.98. The number of rotatable bonds is 4. The van der Waals surface area contributed by atoms with Crippen molar-refractivity contribution in [2.75, 3.05) is 12.3 Å². The van der Waals surface area contributed by atoms with Gasteiger partial charge >= 0.3 is 0 Å². The van der Waals surface area contributed by atoms with Crippen LogP contribution < -0.4 is 5.73 Å². The van der Waals surface area contributed by atoms with Gasteiger partial charge in [-0.1, -0.05) is 18.2 Å². The van der Waals surface area contributed by atoms with Crippen molar-refractivity contribution >= 4 is 11.8 Å². The molecule has 5 heteroatoms. The molecule has 84 valence electrons. The highest BCUT2D eigenvalue weighted by Gasteiger charge is 2.14. The highest BCUT2D eigenvalue weighted by atomic mass is 32.2. The van der Waals surface area contributed by atoms with Crippen LogP contribution in [0.4, 0.5) is 0 Å². The predicted molar refractivity (Wildman–Crippen MR) is 62.0 cm³/mol. The Kier molecular flexibility index (Phi) is 4.02. The summed E-state index contributed by atoms with van der Waals surface area (Å²) in [5.74, 6) is 2.22. The van der Waals surface area contributed by atoms with E-state index in [9.17, 15) is 0 Å². The van der Waals surface area contributed by atoms with Gasteiger partial charge in [0.15, 0.2) is 5.16 Å². The molecule has 0 aliphatic carbocycles. The van der Waals surface area contributed by atoms with Crippen molar-refractivity contribution < 1.29 is 0 Å². The highest BCUT2D eigenvalue weighted by Crippen LogP contribution is 2.21. The lowest BCUT2D eigenvalue weighted by atomic mass is 10.2. The van der Waals surface area contributed by atoms with Gasteiger partial charge in [0, 0.05) is 18.7 Å². The molecule has 4 nitrogen and oxygen atoms in total. The van der Waals surface area contributed by atoms with Gasteiger partial charge in [-0.3, -0.25) is 0 Å². The van der Waals surface area contributed by atoms with Gasteiger partial charge in [0.25, 0.3) is 0 Å². The molecule has 0 amide bonds. The molecule has 0 atom stereocenters. The van der Waals surface area contributed by atoms with E-state index in [-0.39, 0.29) is 0 Å². The molecule has 0 unspecified atom stereocenters. The van der Waals surface area contributed by atoms with Crippen molar-refractivity contribution in [3.05, 3.63) is 5.82 Å². The van der Waals surface area contributed by atoms with Gasteiger partial charge in [-0.25, -0.2) is 0 Å². The van der Waals surface area contributed by atoms with Gasteiger partial charge in [0.05, 0.1) is 0 Å². The predicted octanol–water partition coefficient (Wildman–Crippen LogP) is 1.45. The first-order valence-electron chi connectivity index (χ1n) is 5.67. The van der Waals surface area contributed by atoms with E-state index in [0.29, 0.717) is 0 Å². The van der Waals surface area contributed by atoms with E-state index < -0.39 is 0 Å². The van der Waals surface area contributed by atoms with Crippen LogP contribution >= 0.6 is 11.8 Å². The van der Waals surface area contributed by atoms with Crippen LogP contribution in [0.3, 0.4) is 0 Å².